The quantitative estimate of drug-likeness (QED) is 0.481. The molecule has 0 saturated carbocycles. The summed E-state index contributed by atoms with van der Waals surface area (Å²) >= 11 is 0. The van der Waals surface area contributed by atoms with Gasteiger partial charge in [-0.1, -0.05) is 30.8 Å². The minimum absolute atomic E-state index is 0.269. The highest BCUT2D eigenvalue weighted by atomic mass is 16.5. The monoisotopic (exact) mass is 398 g/mol. The van der Waals surface area contributed by atoms with Gasteiger partial charge in [0, 0.05) is 18.2 Å². The van der Waals surface area contributed by atoms with Gasteiger partial charge in [0.25, 0.3) is 5.82 Å². The Morgan fingerprint density at radius 3 is 2.63 bits per heavy atom. The molecule has 8 heteroatoms. The maximum absolute atomic E-state index is 12.2. The van der Waals surface area contributed by atoms with Gasteiger partial charge in [0.2, 0.25) is 0 Å². The van der Waals surface area contributed by atoms with Gasteiger partial charge in [-0.05, 0) is 59.3 Å². The SMILES string of the molecule is [C-]#[N+]c1cccc(-c2ccc(OCc3ccccc3-n3nnn(C)c3=O)c(C)c2)n1. The van der Waals surface area contributed by atoms with Crippen LogP contribution in [0.2, 0.25) is 0 Å². The molecular weight excluding hydrogens is 380 g/mol. The number of hydrogen-bond donors (Lipinski definition) is 0. The predicted molar refractivity (Wildman–Crippen MR) is 112 cm³/mol. The van der Waals surface area contributed by atoms with Crippen LogP contribution < -0.4 is 10.4 Å². The van der Waals surface area contributed by atoms with Crippen LogP contribution in [-0.4, -0.2) is 24.8 Å². The third-order valence-corrected chi connectivity index (χ3v) is 4.64. The molecule has 0 saturated heterocycles. The number of hydrogen-bond acceptors (Lipinski definition) is 5. The van der Waals surface area contributed by atoms with Crippen molar-refractivity contribution in [3.05, 3.63) is 93.7 Å². The molecule has 0 bridgehead atoms. The first-order valence-electron chi connectivity index (χ1n) is 9.22. The van der Waals surface area contributed by atoms with E-state index in [2.05, 4.69) is 20.3 Å². The van der Waals surface area contributed by atoms with Crippen molar-refractivity contribution in [2.45, 2.75) is 13.5 Å². The Kier molecular flexibility index (Phi) is 5.09. The lowest BCUT2D eigenvalue weighted by molar-refractivity contribution is 0.303. The molecule has 2 aromatic carbocycles. The van der Waals surface area contributed by atoms with E-state index in [-0.39, 0.29) is 12.3 Å². The van der Waals surface area contributed by atoms with Gasteiger partial charge in [-0.15, -0.1) is 4.98 Å². The highest BCUT2D eigenvalue weighted by molar-refractivity contribution is 5.63. The minimum Gasteiger partial charge on any atom is -0.489 e. The molecule has 0 aliphatic rings. The molecule has 0 fully saturated rings. The van der Waals surface area contributed by atoms with Gasteiger partial charge in [-0.3, -0.25) is 0 Å². The lowest BCUT2D eigenvalue weighted by atomic mass is 10.1. The number of aromatic nitrogens is 5. The second-order valence-electron chi connectivity index (χ2n) is 6.69. The normalized spacial score (nSPS) is 10.6. The number of ether oxygens (including phenoxy) is 1. The van der Waals surface area contributed by atoms with Crippen molar-refractivity contribution in [1.82, 2.24) is 24.8 Å². The lowest BCUT2D eigenvalue weighted by Crippen LogP contribution is -2.23. The number of rotatable bonds is 5. The topological polar surface area (TPSA) is 79.2 Å². The van der Waals surface area contributed by atoms with Crippen LogP contribution in [0.5, 0.6) is 5.75 Å². The van der Waals surface area contributed by atoms with Crippen molar-refractivity contribution >= 4 is 5.82 Å². The zero-order valence-electron chi connectivity index (χ0n) is 16.5. The zero-order valence-corrected chi connectivity index (χ0v) is 16.5. The number of pyridine rings is 1. The van der Waals surface area contributed by atoms with E-state index in [1.165, 1.54) is 9.36 Å². The van der Waals surface area contributed by atoms with E-state index in [4.69, 9.17) is 11.3 Å². The van der Waals surface area contributed by atoms with Crippen LogP contribution >= 0.6 is 0 Å². The third-order valence-electron chi connectivity index (χ3n) is 4.64. The van der Waals surface area contributed by atoms with E-state index < -0.39 is 0 Å². The molecule has 0 aliphatic carbocycles. The van der Waals surface area contributed by atoms with E-state index in [9.17, 15) is 4.79 Å². The molecule has 0 aliphatic heterocycles. The maximum Gasteiger partial charge on any atom is 0.368 e. The first-order valence-corrected chi connectivity index (χ1v) is 9.22. The molecule has 8 nitrogen and oxygen atoms in total. The van der Waals surface area contributed by atoms with Crippen LogP contribution in [0.3, 0.4) is 0 Å². The van der Waals surface area contributed by atoms with Gasteiger partial charge in [0.05, 0.1) is 5.69 Å². The molecule has 0 spiro atoms. The van der Waals surface area contributed by atoms with Crippen molar-refractivity contribution < 1.29 is 4.74 Å². The molecule has 0 unspecified atom stereocenters. The molecule has 148 valence electrons. The van der Waals surface area contributed by atoms with E-state index in [1.54, 1.807) is 19.2 Å². The molecule has 2 heterocycles. The van der Waals surface area contributed by atoms with Crippen molar-refractivity contribution in [2.75, 3.05) is 0 Å². The fraction of sp³-hybridized carbons (Fsp3) is 0.136. The molecule has 0 N–H and O–H groups in total. The number of aryl methyl sites for hydroxylation is 2. The Morgan fingerprint density at radius 2 is 1.90 bits per heavy atom. The largest absolute Gasteiger partial charge is 0.489 e. The molecule has 30 heavy (non-hydrogen) atoms. The summed E-state index contributed by atoms with van der Waals surface area (Å²) in [5, 5.41) is 7.68. The second-order valence-corrected chi connectivity index (χ2v) is 6.69. The third kappa shape index (κ3) is 3.69. The zero-order chi connectivity index (χ0) is 21.1. The fourth-order valence-corrected chi connectivity index (χ4v) is 3.08. The predicted octanol–water partition coefficient (Wildman–Crippen LogP) is 3.47. The molecule has 2 aromatic heterocycles. The van der Waals surface area contributed by atoms with Crippen molar-refractivity contribution in [1.29, 1.82) is 0 Å². The molecule has 0 amide bonds. The Morgan fingerprint density at radius 1 is 1.07 bits per heavy atom. The smallest absolute Gasteiger partial charge is 0.368 e. The van der Waals surface area contributed by atoms with Crippen LogP contribution in [0.25, 0.3) is 21.8 Å². The number of benzene rings is 2. The van der Waals surface area contributed by atoms with Gasteiger partial charge in [-0.2, -0.15) is 9.36 Å². The van der Waals surface area contributed by atoms with Crippen molar-refractivity contribution in [3.8, 4) is 22.7 Å². The van der Waals surface area contributed by atoms with Crippen LogP contribution in [0.4, 0.5) is 5.82 Å². The molecule has 4 rings (SSSR count). The first-order chi connectivity index (χ1) is 14.6. The van der Waals surface area contributed by atoms with Crippen molar-refractivity contribution in [3.63, 3.8) is 0 Å². The summed E-state index contributed by atoms with van der Waals surface area (Å²) in [6, 6.07) is 18.6. The highest BCUT2D eigenvalue weighted by Crippen LogP contribution is 2.27. The average molecular weight is 398 g/mol. The standard InChI is InChI=1S/C22H18N6O2/c1-15-13-16(18-8-6-10-21(23-2)24-18)11-12-20(15)30-14-17-7-4-5-9-19(17)28-22(29)27(3)25-26-28/h4-13H,14H2,1,3H3. The number of para-hydroxylation sites is 1. The summed E-state index contributed by atoms with van der Waals surface area (Å²) in [4.78, 5) is 19.9. The molecular formula is C22H18N6O2. The molecule has 0 radical (unpaired) electrons. The number of nitrogens with zero attached hydrogens (tertiary/aromatic N) is 6. The van der Waals surface area contributed by atoms with E-state index in [0.717, 1.165) is 28.1 Å². The highest BCUT2D eigenvalue weighted by Gasteiger charge is 2.12. The number of tetrazole rings is 1. The summed E-state index contributed by atoms with van der Waals surface area (Å²) in [5.41, 5.74) is 3.72. The summed E-state index contributed by atoms with van der Waals surface area (Å²) < 4.78 is 8.46. The first kappa shape index (κ1) is 19.1. The Hall–Kier alpha value is -4.25. The maximum atomic E-state index is 12.2. The van der Waals surface area contributed by atoms with Crippen LogP contribution in [0.15, 0.2) is 65.5 Å². The van der Waals surface area contributed by atoms with E-state index in [1.807, 2.05) is 55.5 Å². The van der Waals surface area contributed by atoms with E-state index in [0.29, 0.717) is 11.5 Å². The van der Waals surface area contributed by atoms with Gasteiger partial charge < -0.3 is 9.58 Å². The molecule has 4 aromatic rings. The summed E-state index contributed by atoms with van der Waals surface area (Å²) in [6.07, 6.45) is 0. The van der Waals surface area contributed by atoms with E-state index >= 15 is 0 Å². The lowest BCUT2D eigenvalue weighted by Gasteiger charge is -2.12. The Balaban J connectivity index is 1.57. The summed E-state index contributed by atoms with van der Waals surface area (Å²) in [5.74, 6) is 1.09. The van der Waals surface area contributed by atoms with Gasteiger partial charge in [0.15, 0.2) is 5.69 Å². The Bertz CT molecular complexity index is 1320. The minimum atomic E-state index is -0.322. The Labute approximate surface area is 172 Å². The van der Waals surface area contributed by atoms with Crippen LogP contribution in [-0.2, 0) is 13.7 Å². The van der Waals surface area contributed by atoms with Gasteiger partial charge >= 0.3 is 5.69 Å². The van der Waals surface area contributed by atoms with Gasteiger partial charge in [0.1, 0.15) is 12.4 Å². The van der Waals surface area contributed by atoms with Crippen molar-refractivity contribution in [2.24, 2.45) is 7.05 Å². The van der Waals surface area contributed by atoms with Crippen LogP contribution in [0, 0.1) is 13.5 Å². The summed E-state index contributed by atoms with van der Waals surface area (Å²) in [7, 11) is 1.55. The van der Waals surface area contributed by atoms with Gasteiger partial charge in [-0.25, -0.2) is 4.79 Å². The summed E-state index contributed by atoms with van der Waals surface area (Å²) in [6.45, 7) is 9.34. The molecule has 0 atom stereocenters. The second kappa shape index (κ2) is 8.01. The average Bonchev–Trinajstić information content (AvgIpc) is 3.11. The van der Waals surface area contributed by atoms with Crippen LogP contribution in [0.1, 0.15) is 11.1 Å². The fourth-order valence-electron chi connectivity index (χ4n) is 3.08.